The summed E-state index contributed by atoms with van der Waals surface area (Å²) in [6.07, 6.45) is 1.46. The molecule has 0 aromatic heterocycles. The highest BCUT2D eigenvalue weighted by Crippen LogP contribution is 2.29. The van der Waals surface area contributed by atoms with E-state index >= 15 is 0 Å². The zero-order valence-electron chi connectivity index (χ0n) is 13.8. The van der Waals surface area contributed by atoms with Gasteiger partial charge in [-0.3, -0.25) is 0 Å². The van der Waals surface area contributed by atoms with Gasteiger partial charge in [0.2, 0.25) is 0 Å². The van der Waals surface area contributed by atoms with Crippen LogP contribution >= 0.6 is 0 Å². The van der Waals surface area contributed by atoms with E-state index in [4.69, 9.17) is 0 Å². The summed E-state index contributed by atoms with van der Waals surface area (Å²) < 4.78 is 23.7. The van der Waals surface area contributed by atoms with Crippen molar-refractivity contribution in [2.24, 2.45) is 11.3 Å². The third-order valence-electron chi connectivity index (χ3n) is 3.40. The van der Waals surface area contributed by atoms with Crippen LogP contribution in [0.3, 0.4) is 0 Å². The van der Waals surface area contributed by atoms with Crippen molar-refractivity contribution in [1.29, 1.82) is 0 Å². The second kappa shape index (κ2) is 7.07. The summed E-state index contributed by atoms with van der Waals surface area (Å²) in [6.45, 7) is 15.8. The highest BCUT2D eigenvalue weighted by molar-refractivity contribution is 7.91. The van der Waals surface area contributed by atoms with Crippen molar-refractivity contribution in [3.8, 4) is 0 Å². The zero-order chi connectivity index (χ0) is 15.3. The lowest BCUT2D eigenvalue weighted by Gasteiger charge is -2.34. The van der Waals surface area contributed by atoms with E-state index in [-0.39, 0.29) is 11.0 Å². The molecule has 0 aliphatic rings. The van der Waals surface area contributed by atoms with Crippen LogP contribution in [0.25, 0.3) is 0 Å². The average Bonchev–Trinajstić information content (AvgIpc) is 2.12. The molecule has 0 aliphatic heterocycles. The van der Waals surface area contributed by atoms with Crippen molar-refractivity contribution < 1.29 is 8.42 Å². The minimum absolute atomic E-state index is 0.0752. The molecule has 1 unspecified atom stereocenters. The van der Waals surface area contributed by atoms with Gasteiger partial charge >= 0.3 is 0 Å². The molecule has 0 aliphatic carbocycles. The highest BCUT2D eigenvalue weighted by Gasteiger charge is 2.27. The summed E-state index contributed by atoms with van der Waals surface area (Å²) in [5, 5.41) is 3.50. The van der Waals surface area contributed by atoms with Crippen molar-refractivity contribution in [2.75, 3.05) is 18.1 Å². The normalized spacial score (nSPS) is 15.5. The first-order valence-corrected chi connectivity index (χ1v) is 9.15. The molecule has 19 heavy (non-hydrogen) atoms. The average molecular weight is 292 g/mol. The quantitative estimate of drug-likeness (QED) is 0.783. The van der Waals surface area contributed by atoms with Crippen molar-refractivity contribution in [3.05, 3.63) is 0 Å². The largest absolute Gasteiger partial charge is 0.312 e. The first-order valence-electron chi connectivity index (χ1n) is 7.33. The van der Waals surface area contributed by atoms with Crippen molar-refractivity contribution in [2.45, 2.75) is 66.8 Å². The van der Waals surface area contributed by atoms with Crippen LogP contribution in [0.1, 0.15) is 61.3 Å². The molecule has 1 atom stereocenters. The third-order valence-corrected chi connectivity index (χ3v) is 5.28. The number of sulfone groups is 1. The summed E-state index contributed by atoms with van der Waals surface area (Å²) in [4.78, 5) is 0. The van der Waals surface area contributed by atoms with E-state index in [9.17, 15) is 8.42 Å². The molecule has 116 valence electrons. The Bertz CT molecular complexity index is 347. The van der Waals surface area contributed by atoms with Gasteiger partial charge in [0.15, 0.2) is 0 Å². The standard InChI is InChI=1S/C15H33NO2S/c1-8-10-19(17,18)11-9-13(14(2,3)4)12-16-15(5,6)7/h13,16H,8-12H2,1-7H3. The van der Waals surface area contributed by atoms with E-state index < -0.39 is 9.84 Å². The zero-order valence-corrected chi connectivity index (χ0v) is 14.7. The lowest BCUT2D eigenvalue weighted by molar-refractivity contribution is 0.210. The smallest absolute Gasteiger partial charge is 0.150 e. The fourth-order valence-corrected chi connectivity index (χ4v) is 3.48. The lowest BCUT2D eigenvalue weighted by Crippen LogP contribution is -2.42. The van der Waals surface area contributed by atoms with Gasteiger partial charge in [0.25, 0.3) is 0 Å². The van der Waals surface area contributed by atoms with Gasteiger partial charge in [-0.2, -0.15) is 0 Å². The molecule has 0 saturated heterocycles. The van der Waals surface area contributed by atoms with Crippen LogP contribution in [0.5, 0.6) is 0 Å². The molecule has 0 aromatic rings. The molecular weight excluding hydrogens is 258 g/mol. The molecule has 0 rings (SSSR count). The second-order valence-corrected chi connectivity index (χ2v) is 9.94. The second-order valence-electron chi connectivity index (χ2n) is 7.63. The van der Waals surface area contributed by atoms with Gasteiger partial charge in [-0.25, -0.2) is 8.42 Å². The first-order chi connectivity index (χ1) is 8.37. The van der Waals surface area contributed by atoms with Crippen molar-refractivity contribution >= 4 is 9.84 Å². The number of nitrogens with one attached hydrogen (secondary N) is 1. The van der Waals surface area contributed by atoms with Gasteiger partial charge in [-0.05, 0) is 51.5 Å². The topological polar surface area (TPSA) is 46.2 Å². The number of hydrogen-bond acceptors (Lipinski definition) is 3. The molecule has 3 nitrogen and oxygen atoms in total. The van der Waals surface area contributed by atoms with Gasteiger partial charge in [0.05, 0.1) is 5.75 Å². The number of rotatable bonds is 7. The molecule has 0 aromatic carbocycles. The Balaban J connectivity index is 4.55. The minimum atomic E-state index is -2.87. The van der Waals surface area contributed by atoms with Gasteiger partial charge in [0, 0.05) is 11.3 Å². The van der Waals surface area contributed by atoms with Gasteiger partial charge in [-0.15, -0.1) is 0 Å². The maximum atomic E-state index is 11.8. The van der Waals surface area contributed by atoms with Crippen LogP contribution in [0, 0.1) is 11.3 Å². The van der Waals surface area contributed by atoms with Crippen molar-refractivity contribution in [1.82, 2.24) is 5.32 Å². The summed E-state index contributed by atoms with van der Waals surface area (Å²) in [5.41, 5.74) is 0.200. The fraction of sp³-hybridized carbons (Fsp3) is 1.00. The summed E-state index contributed by atoms with van der Waals surface area (Å²) in [6, 6.07) is 0. The molecule has 0 spiro atoms. The van der Waals surface area contributed by atoms with Crippen LogP contribution in [-0.4, -0.2) is 32.0 Å². The summed E-state index contributed by atoms with van der Waals surface area (Å²) in [7, 11) is -2.87. The third kappa shape index (κ3) is 9.44. The molecule has 4 heteroatoms. The molecule has 0 heterocycles. The van der Waals surface area contributed by atoms with E-state index in [0.717, 1.165) is 13.0 Å². The van der Waals surface area contributed by atoms with E-state index in [1.165, 1.54) is 0 Å². The van der Waals surface area contributed by atoms with Crippen LogP contribution in [0.2, 0.25) is 0 Å². The molecular formula is C15H33NO2S. The van der Waals surface area contributed by atoms with E-state index in [0.29, 0.717) is 23.8 Å². The van der Waals surface area contributed by atoms with Gasteiger partial charge in [0.1, 0.15) is 9.84 Å². The highest BCUT2D eigenvalue weighted by atomic mass is 32.2. The Morgan fingerprint density at radius 1 is 1.00 bits per heavy atom. The van der Waals surface area contributed by atoms with E-state index in [2.05, 4.69) is 46.9 Å². The Hall–Kier alpha value is -0.0900. The van der Waals surface area contributed by atoms with Gasteiger partial charge in [-0.1, -0.05) is 27.7 Å². The Kier molecular flexibility index (Phi) is 7.04. The Morgan fingerprint density at radius 2 is 1.53 bits per heavy atom. The summed E-state index contributed by atoms with van der Waals surface area (Å²) >= 11 is 0. The minimum Gasteiger partial charge on any atom is -0.312 e. The van der Waals surface area contributed by atoms with E-state index in [1.54, 1.807) is 0 Å². The Labute approximate surface area is 120 Å². The van der Waals surface area contributed by atoms with Gasteiger partial charge < -0.3 is 5.32 Å². The maximum absolute atomic E-state index is 11.8. The molecule has 0 bridgehead atoms. The molecule has 1 N–H and O–H groups in total. The molecule has 0 saturated carbocycles. The van der Waals surface area contributed by atoms with Crippen LogP contribution in [0.15, 0.2) is 0 Å². The fourth-order valence-electron chi connectivity index (χ4n) is 2.01. The van der Waals surface area contributed by atoms with Crippen LogP contribution in [0.4, 0.5) is 0 Å². The molecule has 0 radical (unpaired) electrons. The SMILES string of the molecule is CCCS(=O)(=O)CCC(CNC(C)(C)C)C(C)(C)C. The first kappa shape index (κ1) is 18.9. The summed E-state index contributed by atoms with van der Waals surface area (Å²) in [5.74, 6) is 1.00. The number of hydrogen-bond donors (Lipinski definition) is 1. The molecule has 0 amide bonds. The van der Waals surface area contributed by atoms with Crippen LogP contribution < -0.4 is 5.32 Å². The maximum Gasteiger partial charge on any atom is 0.150 e. The van der Waals surface area contributed by atoms with E-state index in [1.807, 2.05) is 6.92 Å². The monoisotopic (exact) mass is 291 g/mol. The van der Waals surface area contributed by atoms with Crippen molar-refractivity contribution in [3.63, 3.8) is 0 Å². The predicted octanol–water partition coefficient (Wildman–Crippen LogP) is 3.25. The predicted molar refractivity (Wildman–Crippen MR) is 84.3 cm³/mol. The Morgan fingerprint density at radius 3 is 1.89 bits per heavy atom. The lowest BCUT2D eigenvalue weighted by atomic mass is 9.79. The van der Waals surface area contributed by atoms with Crippen LogP contribution in [-0.2, 0) is 9.84 Å². The molecule has 0 fully saturated rings.